The molecule has 0 aliphatic carbocycles. The predicted octanol–water partition coefficient (Wildman–Crippen LogP) is 5.10. The molecule has 3 rings (SSSR count). The maximum atomic E-state index is 5.90. The van der Waals surface area contributed by atoms with Crippen molar-refractivity contribution >= 4 is 22.2 Å². The zero-order valence-electron chi connectivity index (χ0n) is 12.8. The molecule has 110 valence electrons. The molecule has 0 saturated carbocycles. The van der Waals surface area contributed by atoms with Crippen molar-refractivity contribution in [2.75, 3.05) is 0 Å². The standard InChI is InChI=1S/C18H21NOS/c1-4-14-8-9-15(21-14)12-19-11-10-16-17(19)6-5-7-18(16)20-13(2)3/h5-11,13H,4,12H2,1-3H3. The zero-order valence-corrected chi connectivity index (χ0v) is 13.6. The van der Waals surface area contributed by atoms with Crippen LogP contribution in [0.2, 0.25) is 0 Å². The molecular weight excluding hydrogens is 278 g/mol. The van der Waals surface area contributed by atoms with Crippen LogP contribution in [-0.2, 0) is 13.0 Å². The van der Waals surface area contributed by atoms with Gasteiger partial charge in [-0.05, 0) is 50.6 Å². The van der Waals surface area contributed by atoms with Crippen LogP contribution in [0.15, 0.2) is 42.6 Å². The number of hydrogen-bond donors (Lipinski definition) is 0. The third kappa shape index (κ3) is 2.98. The van der Waals surface area contributed by atoms with Crippen LogP contribution in [0, 0.1) is 0 Å². The number of ether oxygens (including phenoxy) is 1. The van der Waals surface area contributed by atoms with E-state index in [0.717, 1.165) is 18.7 Å². The predicted molar refractivity (Wildman–Crippen MR) is 90.5 cm³/mol. The average Bonchev–Trinajstić information content (AvgIpc) is 3.07. The van der Waals surface area contributed by atoms with Gasteiger partial charge < -0.3 is 9.30 Å². The van der Waals surface area contributed by atoms with Gasteiger partial charge in [-0.2, -0.15) is 0 Å². The van der Waals surface area contributed by atoms with Crippen molar-refractivity contribution in [2.24, 2.45) is 0 Å². The molecule has 0 spiro atoms. The molecule has 2 nitrogen and oxygen atoms in total. The number of hydrogen-bond acceptors (Lipinski definition) is 2. The van der Waals surface area contributed by atoms with Crippen molar-refractivity contribution in [1.29, 1.82) is 0 Å². The Morgan fingerprint density at radius 3 is 2.62 bits per heavy atom. The Kier molecular flexibility index (Phi) is 4.02. The SMILES string of the molecule is CCc1ccc(Cn2ccc3c(OC(C)C)cccc32)s1. The van der Waals surface area contributed by atoms with Crippen molar-refractivity contribution in [3.63, 3.8) is 0 Å². The molecule has 0 aliphatic rings. The van der Waals surface area contributed by atoms with E-state index in [2.05, 4.69) is 61.9 Å². The van der Waals surface area contributed by atoms with Crippen molar-refractivity contribution in [1.82, 2.24) is 4.57 Å². The van der Waals surface area contributed by atoms with Crippen molar-refractivity contribution in [2.45, 2.75) is 39.8 Å². The first-order chi connectivity index (χ1) is 10.2. The smallest absolute Gasteiger partial charge is 0.129 e. The summed E-state index contributed by atoms with van der Waals surface area (Å²) < 4.78 is 8.20. The second-order valence-corrected chi connectivity index (χ2v) is 6.77. The summed E-state index contributed by atoms with van der Waals surface area (Å²) in [4.78, 5) is 2.85. The van der Waals surface area contributed by atoms with Gasteiger partial charge in [-0.25, -0.2) is 0 Å². The van der Waals surface area contributed by atoms with Crippen molar-refractivity contribution in [3.05, 3.63) is 52.3 Å². The summed E-state index contributed by atoms with van der Waals surface area (Å²) in [6.45, 7) is 7.26. The van der Waals surface area contributed by atoms with Gasteiger partial charge >= 0.3 is 0 Å². The van der Waals surface area contributed by atoms with E-state index in [1.165, 1.54) is 20.7 Å². The first-order valence-corrected chi connectivity index (χ1v) is 8.31. The van der Waals surface area contributed by atoms with E-state index >= 15 is 0 Å². The molecule has 2 heterocycles. The summed E-state index contributed by atoms with van der Waals surface area (Å²) in [5.41, 5.74) is 1.24. The Labute approximate surface area is 130 Å². The molecule has 2 aromatic heterocycles. The Morgan fingerprint density at radius 2 is 1.90 bits per heavy atom. The van der Waals surface area contributed by atoms with Gasteiger partial charge in [0.05, 0.1) is 18.2 Å². The van der Waals surface area contributed by atoms with Crippen LogP contribution < -0.4 is 4.74 Å². The minimum atomic E-state index is 0.198. The molecule has 0 saturated heterocycles. The average molecular weight is 299 g/mol. The monoisotopic (exact) mass is 299 g/mol. The maximum Gasteiger partial charge on any atom is 0.129 e. The third-order valence-corrected chi connectivity index (χ3v) is 4.74. The number of benzene rings is 1. The molecule has 3 heteroatoms. The number of nitrogens with zero attached hydrogens (tertiary/aromatic N) is 1. The molecule has 3 aromatic rings. The van der Waals surface area contributed by atoms with Crippen LogP contribution in [0.4, 0.5) is 0 Å². The third-order valence-electron chi connectivity index (χ3n) is 3.53. The summed E-state index contributed by atoms with van der Waals surface area (Å²) in [5, 5.41) is 1.19. The summed E-state index contributed by atoms with van der Waals surface area (Å²) >= 11 is 1.90. The highest BCUT2D eigenvalue weighted by Crippen LogP contribution is 2.28. The lowest BCUT2D eigenvalue weighted by atomic mass is 10.2. The van der Waals surface area contributed by atoms with E-state index in [1.54, 1.807) is 0 Å². The van der Waals surface area contributed by atoms with E-state index in [4.69, 9.17) is 4.74 Å². The summed E-state index contributed by atoms with van der Waals surface area (Å²) in [7, 11) is 0. The fourth-order valence-electron chi connectivity index (χ4n) is 2.56. The Hall–Kier alpha value is -1.74. The van der Waals surface area contributed by atoms with Gasteiger partial charge in [0.2, 0.25) is 0 Å². The van der Waals surface area contributed by atoms with Crippen molar-refractivity contribution < 1.29 is 4.74 Å². The molecule has 0 fully saturated rings. The number of rotatable bonds is 5. The summed E-state index contributed by atoms with van der Waals surface area (Å²) in [6, 6.07) is 12.9. The molecule has 0 unspecified atom stereocenters. The van der Waals surface area contributed by atoms with Gasteiger partial charge in [0.25, 0.3) is 0 Å². The normalized spacial score (nSPS) is 11.4. The Bertz CT molecular complexity index is 739. The van der Waals surface area contributed by atoms with Gasteiger partial charge in [0, 0.05) is 21.3 Å². The van der Waals surface area contributed by atoms with Crippen LogP contribution in [0.3, 0.4) is 0 Å². The second kappa shape index (κ2) is 5.94. The lowest BCUT2D eigenvalue weighted by molar-refractivity contribution is 0.245. The number of fused-ring (bicyclic) bond motifs is 1. The molecule has 0 atom stereocenters. The fourth-order valence-corrected chi connectivity index (χ4v) is 3.51. The van der Waals surface area contributed by atoms with Gasteiger partial charge in [-0.3, -0.25) is 0 Å². The second-order valence-electron chi connectivity index (χ2n) is 5.52. The van der Waals surface area contributed by atoms with Crippen LogP contribution in [-0.4, -0.2) is 10.7 Å². The minimum absolute atomic E-state index is 0.198. The van der Waals surface area contributed by atoms with Crippen molar-refractivity contribution in [3.8, 4) is 5.75 Å². The van der Waals surface area contributed by atoms with Crippen LogP contribution in [0.25, 0.3) is 10.9 Å². The van der Waals surface area contributed by atoms with E-state index in [1.807, 2.05) is 17.4 Å². The van der Waals surface area contributed by atoms with Gasteiger partial charge in [0.15, 0.2) is 0 Å². The van der Waals surface area contributed by atoms with E-state index in [-0.39, 0.29) is 6.10 Å². The van der Waals surface area contributed by atoms with Gasteiger partial charge in [0.1, 0.15) is 5.75 Å². The van der Waals surface area contributed by atoms with E-state index in [0.29, 0.717) is 0 Å². The quantitative estimate of drug-likeness (QED) is 0.639. The number of thiophene rings is 1. The zero-order chi connectivity index (χ0) is 14.8. The van der Waals surface area contributed by atoms with Crippen LogP contribution >= 0.6 is 11.3 Å². The molecule has 0 radical (unpaired) electrons. The minimum Gasteiger partial charge on any atom is -0.490 e. The van der Waals surface area contributed by atoms with E-state index in [9.17, 15) is 0 Å². The highest BCUT2D eigenvalue weighted by molar-refractivity contribution is 7.11. The van der Waals surface area contributed by atoms with Crippen LogP contribution in [0.5, 0.6) is 5.75 Å². The first kappa shape index (κ1) is 14.2. The molecule has 0 amide bonds. The Morgan fingerprint density at radius 1 is 1.10 bits per heavy atom. The first-order valence-electron chi connectivity index (χ1n) is 7.49. The van der Waals surface area contributed by atoms with Gasteiger partial charge in [-0.1, -0.05) is 13.0 Å². The molecule has 1 aromatic carbocycles. The van der Waals surface area contributed by atoms with Crippen LogP contribution in [0.1, 0.15) is 30.5 Å². The fraction of sp³-hybridized carbons (Fsp3) is 0.333. The van der Waals surface area contributed by atoms with E-state index < -0.39 is 0 Å². The van der Waals surface area contributed by atoms with Gasteiger partial charge in [-0.15, -0.1) is 11.3 Å². The molecule has 0 aliphatic heterocycles. The molecule has 0 bridgehead atoms. The molecule has 21 heavy (non-hydrogen) atoms. The number of aromatic nitrogens is 1. The number of aryl methyl sites for hydroxylation is 1. The highest BCUT2D eigenvalue weighted by atomic mass is 32.1. The lowest BCUT2D eigenvalue weighted by Crippen LogP contribution is -2.05. The lowest BCUT2D eigenvalue weighted by Gasteiger charge is -2.11. The Balaban J connectivity index is 1.93. The topological polar surface area (TPSA) is 14.2 Å². The molecule has 0 N–H and O–H groups in total. The largest absolute Gasteiger partial charge is 0.490 e. The summed E-state index contributed by atoms with van der Waals surface area (Å²) in [5.74, 6) is 0.974. The maximum absolute atomic E-state index is 5.90. The summed E-state index contributed by atoms with van der Waals surface area (Å²) in [6.07, 6.45) is 3.47. The molecular formula is C18H21NOS. The highest BCUT2D eigenvalue weighted by Gasteiger charge is 2.09.